The molecule has 5 nitrogen and oxygen atoms in total. The van der Waals surface area contributed by atoms with Gasteiger partial charge in [0.15, 0.2) is 11.5 Å². The largest absolute Gasteiger partial charge is 0.486 e. The lowest BCUT2D eigenvalue weighted by Gasteiger charge is -2.31. The van der Waals surface area contributed by atoms with Crippen LogP contribution in [0.5, 0.6) is 11.5 Å². The Morgan fingerprint density at radius 1 is 1.24 bits per heavy atom. The Balaban J connectivity index is 1.57. The Morgan fingerprint density at radius 2 is 1.92 bits per heavy atom. The number of carbonyl (C=O) groups is 1. The Labute approximate surface area is 152 Å². The third kappa shape index (κ3) is 4.24. The molecule has 2 aromatic rings. The minimum atomic E-state index is -0.336. The monoisotopic (exact) mass is 360 g/mol. The molecule has 0 fully saturated rings. The molecule has 3 rings (SSSR count). The van der Waals surface area contributed by atoms with Gasteiger partial charge in [-0.15, -0.1) is 0 Å². The van der Waals surface area contributed by atoms with E-state index in [0.29, 0.717) is 23.9 Å². The first kappa shape index (κ1) is 17.6. The van der Waals surface area contributed by atoms with Crippen molar-refractivity contribution in [3.63, 3.8) is 0 Å². The number of likely N-dealkylation sites (N-methyl/N-ethyl adjacent to an activating group) is 1. The van der Waals surface area contributed by atoms with Gasteiger partial charge in [-0.25, -0.2) is 0 Å². The van der Waals surface area contributed by atoms with E-state index < -0.39 is 0 Å². The van der Waals surface area contributed by atoms with Crippen molar-refractivity contribution in [2.24, 2.45) is 0 Å². The van der Waals surface area contributed by atoms with Crippen molar-refractivity contribution >= 4 is 23.2 Å². The van der Waals surface area contributed by atoms with Gasteiger partial charge < -0.3 is 14.8 Å². The van der Waals surface area contributed by atoms with E-state index >= 15 is 0 Å². The standard InChI is InChI=1S/C19H21ClN2O3/c1-13(19(23)21-16-8-4-3-7-15(16)20)22(2)11-14-12-24-17-9-5-6-10-18(17)25-14/h3-10,13-14H,11-12H2,1-2H3,(H,21,23)/t13-,14-/m0/s1. The highest BCUT2D eigenvalue weighted by Crippen LogP contribution is 2.31. The van der Waals surface area contributed by atoms with Gasteiger partial charge in [-0.1, -0.05) is 35.9 Å². The van der Waals surface area contributed by atoms with Gasteiger partial charge >= 0.3 is 0 Å². The molecule has 0 bridgehead atoms. The van der Waals surface area contributed by atoms with Crippen LogP contribution in [0, 0.1) is 0 Å². The number of fused-ring (bicyclic) bond motifs is 1. The number of ether oxygens (including phenoxy) is 2. The maximum Gasteiger partial charge on any atom is 0.241 e. The third-order valence-electron chi connectivity index (χ3n) is 4.23. The first-order valence-electron chi connectivity index (χ1n) is 8.18. The van der Waals surface area contributed by atoms with E-state index in [1.165, 1.54) is 0 Å². The first-order valence-corrected chi connectivity index (χ1v) is 8.56. The molecule has 25 heavy (non-hydrogen) atoms. The van der Waals surface area contributed by atoms with Crippen LogP contribution >= 0.6 is 11.6 Å². The fourth-order valence-corrected chi connectivity index (χ4v) is 2.82. The number of benzene rings is 2. The highest BCUT2D eigenvalue weighted by atomic mass is 35.5. The number of nitrogens with one attached hydrogen (secondary N) is 1. The van der Waals surface area contributed by atoms with E-state index in [1.807, 2.05) is 55.3 Å². The Morgan fingerprint density at radius 3 is 2.68 bits per heavy atom. The van der Waals surface area contributed by atoms with Crippen molar-refractivity contribution in [3.05, 3.63) is 53.6 Å². The van der Waals surface area contributed by atoms with Gasteiger partial charge in [0.25, 0.3) is 0 Å². The zero-order chi connectivity index (χ0) is 17.8. The normalized spacial score (nSPS) is 17.2. The number of nitrogens with zero attached hydrogens (tertiary/aromatic N) is 1. The number of halogens is 1. The van der Waals surface area contributed by atoms with E-state index in [-0.39, 0.29) is 18.1 Å². The van der Waals surface area contributed by atoms with Gasteiger partial charge in [-0.2, -0.15) is 0 Å². The summed E-state index contributed by atoms with van der Waals surface area (Å²) in [6.07, 6.45) is -0.129. The van der Waals surface area contributed by atoms with Crippen molar-refractivity contribution in [1.29, 1.82) is 0 Å². The molecule has 1 heterocycles. The van der Waals surface area contributed by atoms with E-state index in [0.717, 1.165) is 11.5 Å². The molecule has 132 valence electrons. The molecular formula is C19H21ClN2O3. The van der Waals surface area contributed by atoms with Crippen LogP contribution in [0.25, 0.3) is 0 Å². The van der Waals surface area contributed by atoms with Crippen LogP contribution in [-0.4, -0.2) is 43.2 Å². The highest BCUT2D eigenvalue weighted by molar-refractivity contribution is 6.33. The maximum atomic E-state index is 12.5. The van der Waals surface area contributed by atoms with Gasteiger partial charge in [-0.05, 0) is 38.2 Å². The van der Waals surface area contributed by atoms with Crippen molar-refractivity contribution in [2.75, 3.05) is 25.5 Å². The van der Waals surface area contributed by atoms with E-state index in [1.54, 1.807) is 12.1 Å². The average molecular weight is 361 g/mol. The highest BCUT2D eigenvalue weighted by Gasteiger charge is 2.26. The predicted octanol–water partition coefficient (Wildman–Crippen LogP) is 3.44. The van der Waals surface area contributed by atoms with Crippen molar-refractivity contribution in [2.45, 2.75) is 19.1 Å². The average Bonchev–Trinajstić information content (AvgIpc) is 2.62. The second-order valence-electron chi connectivity index (χ2n) is 6.08. The number of amides is 1. The summed E-state index contributed by atoms with van der Waals surface area (Å²) >= 11 is 6.09. The Bertz CT molecular complexity index is 753. The summed E-state index contributed by atoms with van der Waals surface area (Å²) in [7, 11) is 1.89. The lowest BCUT2D eigenvalue weighted by Crippen LogP contribution is -2.46. The lowest BCUT2D eigenvalue weighted by molar-refractivity contribution is -0.120. The van der Waals surface area contributed by atoms with E-state index in [2.05, 4.69) is 5.32 Å². The number of hydrogen-bond acceptors (Lipinski definition) is 4. The number of para-hydroxylation sites is 3. The lowest BCUT2D eigenvalue weighted by atomic mass is 10.2. The maximum absolute atomic E-state index is 12.5. The molecule has 0 spiro atoms. The second-order valence-corrected chi connectivity index (χ2v) is 6.49. The molecule has 0 saturated heterocycles. The molecule has 1 N–H and O–H groups in total. The summed E-state index contributed by atoms with van der Waals surface area (Å²) in [6, 6.07) is 14.4. The molecule has 0 aromatic heterocycles. The molecule has 0 aliphatic carbocycles. The third-order valence-corrected chi connectivity index (χ3v) is 4.56. The van der Waals surface area contributed by atoms with E-state index in [4.69, 9.17) is 21.1 Å². The van der Waals surface area contributed by atoms with E-state index in [9.17, 15) is 4.79 Å². The summed E-state index contributed by atoms with van der Waals surface area (Å²) in [5.74, 6) is 1.37. The fourth-order valence-electron chi connectivity index (χ4n) is 2.63. The minimum absolute atomic E-state index is 0.118. The SMILES string of the molecule is C[C@@H](C(=O)Nc1ccccc1Cl)N(C)C[C@H]1COc2ccccc2O1. The molecule has 2 aromatic carbocycles. The smallest absolute Gasteiger partial charge is 0.241 e. The molecule has 0 saturated carbocycles. The fraction of sp³-hybridized carbons (Fsp3) is 0.316. The van der Waals surface area contributed by atoms with Crippen LogP contribution < -0.4 is 14.8 Å². The zero-order valence-corrected chi connectivity index (χ0v) is 15.0. The number of hydrogen-bond donors (Lipinski definition) is 1. The molecule has 2 atom stereocenters. The van der Waals surface area contributed by atoms with Gasteiger partial charge in [0.05, 0.1) is 16.8 Å². The van der Waals surface area contributed by atoms with Crippen LogP contribution in [0.2, 0.25) is 5.02 Å². The molecule has 0 unspecified atom stereocenters. The Kier molecular flexibility index (Phi) is 5.46. The van der Waals surface area contributed by atoms with Crippen LogP contribution in [0.3, 0.4) is 0 Å². The number of carbonyl (C=O) groups excluding carboxylic acids is 1. The quantitative estimate of drug-likeness (QED) is 0.887. The van der Waals surface area contributed by atoms with Crippen LogP contribution in [-0.2, 0) is 4.79 Å². The molecule has 6 heteroatoms. The molecule has 0 radical (unpaired) electrons. The van der Waals surface area contributed by atoms with Gasteiger partial charge in [0, 0.05) is 6.54 Å². The summed E-state index contributed by atoms with van der Waals surface area (Å²) in [5.41, 5.74) is 0.612. The minimum Gasteiger partial charge on any atom is -0.486 e. The molecular weight excluding hydrogens is 340 g/mol. The molecule has 1 aliphatic heterocycles. The van der Waals surface area contributed by atoms with Gasteiger partial charge in [-0.3, -0.25) is 9.69 Å². The van der Waals surface area contributed by atoms with Crippen molar-refractivity contribution in [3.8, 4) is 11.5 Å². The van der Waals surface area contributed by atoms with Crippen LogP contribution in [0.4, 0.5) is 5.69 Å². The van der Waals surface area contributed by atoms with Crippen LogP contribution in [0.15, 0.2) is 48.5 Å². The number of anilines is 1. The summed E-state index contributed by atoms with van der Waals surface area (Å²) in [4.78, 5) is 14.4. The predicted molar refractivity (Wildman–Crippen MR) is 98.5 cm³/mol. The van der Waals surface area contributed by atoms with Crippen molar-refractivity contribution < 1.29 is 14.3 Å². The second kappa shape index (κ2) is 7.76. The summed E-state index contributed by atoms with van der Waals surface area (Å²) < 4.78 is 11.7. The first-order chi connectivity index (χ1) is 12.0. The number of rotatable bonds is 5. The van der Waals surface area contributed by atoms with Crippen LogP contribution in [0.1, 0.15) is 6.92 Å². The van der Waals surface area contributed by atoms with Gasteiger partial charge in [0.1, 0.15) is 12.7 Å². The summed E-state index contributed by atoms with van der Waals surface area (Å²) in [5, 5.41) is 3.38. The zero-order valence-electron chi connectivity index (χ0n) is 14.2. The molecule has 1 amide bonds. The topological polar surface area (TPSA) is 50.8 Å². The van der Waals surface area contributed by atoms with Crippen molar-refractivity contribution in [1.82, 2.24) is 4.90 Å². The Hall–Kier alpha value is -2.24. The summed E-state index contributed by atoms with van der Waals surface area (Å²) in [6.45, 7) is 2.88. The molecule has 1 aliphatic rings. The van der Waals surface area contributed by atoms with Gasteiger partial charge in [0.2, 0.25) is 5.91 Å².